The molecule has 1 saturated heterocycles. The van der Waals surface area contributed by atoms with Crippen LogP contribution >= 0.6 is 11.3 Å². The molecule has 6 heteroatoms. The maximum atomic E-state index is 10.6. The smallest absolute Gasteiger partial charge is 1.00 e. The summed E-state index contributed by atoms with van der Waals surface area (Å²) >= 11 is 1.28. The van der Waals surface area contributed by atoms with Gasteiger partial charge in [-0.15, -0.1) is 11.3 Å². The number of carboxylic acids is 1. The molecule has 2 heterocycles. The molecule has 0 aromatic carbocycles. The molecule has 0 unspecified atom stereocenters. The number of hydrogen-bond acceptors (Lipinski definition) is 4. The third kappa shape index (κ3) is 3.32. The van der Waals surface area contributed by atoms with E-state index in [-0.39, 0.29) is 25.3 Å². The predicted molar refractivity (Wildman–Crippen MR) is 54.7 cm³/mol. The Balaban J connectivity index is 0.00000112. The van der Waals surface area contributed by atoms with Crippen LogP contribution in [0.4, 0.5) is 0 Å². The van der Waals surface area contributed by atoms with Gasteiger partial charge in [-0.1, -0.05) is 0 Å². The zero-order valence-electron chi connectivity index (χ0n) is 9.77. The van der Waals surface area contributed by atoms with Crippen LogP contribution in [0.25, 0.3) is 0 Å². The Hall–Kier alpha value is -0.343. The summed E-state index contributed by atoms with van der Waals surface area (Å²) in [5.41, 5.74) is 0. The fraction of sp³-hybridized carbons (Fsp3) is 0.556. The van der Waals surface area contributed by atoms with Gasteiger partial charge in [0.1, 0.15) is 0 Å². The molecule has 0 bridgehead atoms. The van der Waals surface area contributed by atoms with Crippen LogP contribution in [0.15, 0.2) is 6.20 Å². The third-order valence-corrected chi connectivity index (χ3v) is 3.28. The predicted octanol–water partition coefficient (Wildman–Crippen LogP) is -1.45. The number of aromatic carboxylic acids is 1. The van der Waals surface area contributed by atoms with Crippen LogP contribution in [0.1, 0.15) is 28.9 Å². The van der Waals surface area contributed by atoms with Crippen LogP contribution < -0.4 is 18.9 Å². The van der Waals surface area contributed by atoms with Crippen molar-refractivity contribution in [2.75, 3.05) is 13.1 Å². The second-order valence-corrected chi connectivity index (χ2v) is 4.54. The molecular weight excluding hydrogens is 207 g/mol. The molecule has 1 aliphatic rings. The fourth-order valence-electron chi connectivity index (χ4n) is 1.64. The molecule has 1 fully saturated rings. The van der Waals surface area contributed by atoms with Gasteiger partial charge in [0, 0.05) is 17.6 Å². The minimum atomic E-state index is -0.928. The SMILES string of the molecule is O=C(O)c1ncc(CN2CCCC2)s1.[H-].[Li+]. The second kappa shape index (κ2) is 5.66. The van der Waals surface area contributed by atoms with Crippen LogP contribution in [0.3, 0.4) is 0 Å². The minimum absolute atomic E-state index is 0. The van der Waals surface area contributed by atoms with Gasteiger partial charge in [-0.3, -0.25) is 4.90 Å². The van der Waals surface area contributed by atoms with Crippen molar-refractivity contribution < 1.29 is 30.2 Å². The van der Waals surface area contributed by atoms with Gasteiger partial charge in [0.15, 0.2) is 0 Å². The first-order valence-electron chi connectivity index (χ1n) is 4.66. The van der Waals surface area contributed by atoms with Crippen molar-refractivity contribution in [3.63, 3.8) is 0 Å². The van der Waals surface area contributed by atoms with Crippen molar-refractivity contribution in [1.82, 2.24) is 9.88 Å². The number of likely N-dealkylation sites (tertiary alicyclic amines) is 1. The van der Waals surface area contributed by atoms with E-state index in [9.17, 15) is 4.79 Å². The molecule has 1 aromatic heterocycles. The molecule has 0 aliphatic carbocycles. The zero-order valence-corrected chi connectivity index (χ0v) is 9.59. The first kappa shape index (κ1) is 12.7. The second-order valence-electron chi connectivity index (χ2n) is 3.42. The Bertz CT molecular complexity index is 342. The van der Waals surface area contributed by atoms with E-state index in [1.54, 1.807) is 6.20 Å². The van der Waals surface area contributed by atoms with Crippen molar-refractivity contribution in [3.05, 3.63) is 16.1 Å². The summed E-state index contributed by atoms with van der Waals surface area (Å²) in [7, 11) is 0. The Labute approximate surface area is 106 Å². The van der Waals surface area contributed by atoms with Crippen molar-refractivity contribution in [1.29, 1.82) is 0 Å². The van der Waals surface area contributed by atoms with Gasteiger partial charge in [0.25, 0.3) is 0 Å². The largest absolute Gasteiger partial charge is 1.00 e. The van der Waals surface area contributed by atoms with E-state index >= 15 is 0 Å². The average Bonchev–Trinajstić information content (AvgIpc) is 2.75. The normalized spacial score (nSPS) is 16.3. The van der Waals surface area contributed by atoms with Crippen LogP contribution in [0.5, 0.6) is 0 Å². The number of nitrogens with zero attached hydrogens (tertiary/aromatic N) is 2. The molecule has 0 atom stereocenters. The van der Waals surface area contributed by atoms with Gasteiger partial charge in [-0.25, -0.2) is 9.78 Å². The first-order chi connectivity index (χ1) is 6.75. The van der Waals surface area contributed by atoms with Crippen molar-refractivity contribution in [3.8, 4) is 0 Å². The molecule has 0 spiro atoms. The van der Waals surface area contributed by atoms with E-state index in [0.29, 0.717) is 0 Å². The zero-order chi connectivity index (χ0) is 9.97. The van der Waals surface area contributed by atoms with E-state index in [1.807, 2.05) is 0 Å². The third-order valence-electron chi connectivity index (χ3n) is 2.31. The Morgan fingerprint density at radius 2 is 2.27 bits per heavy atom. The fourth-order valence-corrected chi connectivity index (χ4v) is 2.43. The maximum Gasteiger partial charge on any atom is 1.00 e. The van der Waals surface area contributed by atoms with E-state index < -0.39 is 5.97 Å². The summed E-state index contributed by atoms with van der Waals surface area (Å²) in [4.78, 5) is 17.8. The summed E-state index contributed by atoms with van der Waals surface area (Å²) in [6, 6.07) is 0. The first-order valence-corrected chi connectivity index (χ1v) is 5.48. The van der Waals surface area contributed by atoms with Gasteiger partial charge >= 0.3 is 24.8 Å². The molecule has 1 N–H and O–H groups in total. The molecule has 15 heavy (non-hydrogen) atoms. The quantitative estimate of drug-likeness (QED) is 0.633. The van der Waals surface area contributed by atoms with Crippen molar-refractivity contribution >= 4 is 17.3 Å². The van der Waals surface area contributed by atoms with Gasteiger partial charge in [0.2, 0.25) is 5.01 Å². The summed E-state index contributed by atoms with van der Waals surface area (Å²) in [6.07, 6.45) is 4.18. The summed E-state index contributed by atoms with van der Waals surface area (Å²) in [5.74, 6) is -0.928. The monoisotopic (exact) mass is 220 g/mol. The summed E-state index contributed by atoms with van der Waals surface area (Å²) < 4.78 is 0. The van der Waals surface area contributed by atoms with E-state index in [1.165, 1.54) is 24.2 Å². The minimum Gasteiger partial charge on any atom is -1.00 e. The van der Waals surface area contributed by atoms with Crippen LogP contribution in [-0.2, 0) is 6.54 Å². The van der Waals surface area contributed by atoms with E-state index in [2.05, 4.69) is 9.88 Å². The number of carboxylic acid groups (broad SMARTS) is 1. The molecule has 1 aromatic rings. The Morgan fingerprint density at radius 3 is 2.80 bits per heavy atom. The van der Waals surface area contributed by atoms with Gasteiger partial charge in [-0.2, -0.15) is 0 Å². The van der Waals surface area contributed by atoms with Crippen molar-refractivity contribution in [2.45, 2.75) is 19.4 Å². The standard InChI is InChI=1S/C9H12N2O2S.Li.H/c12-9(13)8-10-5-7(14-8)6-11-3-1-2-4-11;;/h5H,1-4,6H2,(H,12,13);;/q;+1;-1. The number of rotatable bonds is 3. The summed E-state index contributed by atoms with van der Waals surface area (Å²) in [6.45, 7) is 3.10. The van der Waals surface area contributed by atoms with Crippen LogP contribution in [0, 0.1) is 0 Å². The summed E-state index contributed by atoms with van der Waals surface area (Å²) in [5, 5.41) is 8.89. The van der Waals surface area contributed by atoms with E-state index in [0.717, 1.165) is 24.5 Å². The van der Waals surface area contributed by atoms with Crippen LogP contribution in [-0.4, -0.2) is 34.0 Å². The molecule has 2 rings (SSSR count). The molecule has 0 radical (unpaired) electrons. The molecular formula is C9H13LiN2O2S. The molecule has 0 saturated carbocycles. The molecule has 4 nitrogen and oxygen atoms in total. The van der Waals surface area contributed by atoms with Gasteiger partial charge in [0.05, 0.1) is 0 Å². The number of carbonyl (C=O) groups is 1. The number of aromatic nitrogens is 1. The van der Waals surface area contributed by atoms with E-state index in [4.69, 9.17) is 5.11 Å². The van der Waals surface area contributed by atoms with Gasteiger partial charge < -0.3 is 6.53 Å². The Kier molecular flexibility index (Phi) is 4.80. The Morgan fingerprint density at radius 1 is 1.60 bits per heavy atom. The molecule has 0 amide bonds. The number of hydrogen-bond donors (Lipinski definition) is 1. The average molecular weight is 220 g/mol. The van der Waals surface area contributed by atoms with Crippen molar-refractivity contribution in [2.24, 2.45) is 0 Å². The molecule has 1 aliphatic heterocycles. The number of thiazole rings is 1. The molecule has 78 valence electrons. The van der Waals surface area contributed by atoms with Crippen LogP contribution in [0.2, 0.25) is 0 Å². The maximum absolute atomic E-state index is 10.6. The van der Waals surface area contributed by atoms with Gasteiger partial charge in [-0.05, 0) is 25.9 Å². The topological polar surface area (TPSA) is 53.4 Å².